The van der Waals surface area contributed by atoms with E-state index in [0.29, 0.717) is 10.7 Å². The van der Waals surface area contributed by atoms with E-state index in [2.05, 4.69) is 10.3 Å². The summed E-state index contributed by atoms with van der Waals surface area (Å²) < 4.78 is 0. The lowest BCUT2D eigenvalue weighted by Gasteiger charge is -2.15. The Labute approximate surface area is 115 Å². The fourth-order valence-electron chi connectivity index (χ4n) is 1.72. The van der Waals surface area contributed by atoms with Crippen LogP contribution in [-0.4, -0.2) is 9.91 Å². The molecular weight excluding hydrogens is 266 g/mol. The third-order valence-electron chi connectivity index (χ3n) is 2.70. The predicted octanol–water partition coefficient (Wildman–Crippen LogP) is 3.82. The van der Waals surface area contributed by atoms with Crippen LogP contribution in [0.4, 0.5) is 11.5 Å². The van der Waals surface area contributed by atoms with Crippen molar-refractivity contribution >= 4 is 23.1 Å². The molecule has 1 heterocycles. The van der Waals surface area contributed by atoms with Gasteiger partial charge in [-0.3, -0.25) is 0 Å². The first kappa shape index (κ1) is 13.3. The van der Waals surface area contributed by atoms with Crippen molar-refractivity contribution in [3.63, 3.8) is 0 Å². The maximum Gasteiger partial charge on any atom is 0.386 e. The summed E-state index contributed by atoms with van der Waals surface area (Å²) in [7, 11) is 0. The van der Waals surface area contributed by atoms with Gasteiger partial charge in [0, 0.05) is 11.1 Å². The largest absolute Gasteiger partial charge is 0.386 e. The summed E-state index contributed by atoms with van der Waals surface area (Å²) in [4.78, 5) is 14.1. The number of halogens is 1. The van der Waals surface area contributed by atoms with E-state index in [1.165, 1.54) is 6.20 Å². The van der Waals surface area contributed by atoms with E-state index < -0.39 is 4.92 Å². The maximum absolute atomic E-state index is 10.9. The number of anilines is 1. The van der Waals surface area contributed by atoms with Crippen molar-refractivity contribution in [3.8, 4) is 0 Å². The Morgan fingerprint density at radius 3 is 2.63 bits per heavy atom. The molecule has 5 nitrogen and oxygen atoms in total. The maximum atomic E-state index is 10.9. The van der Waals surface area contributed by atoms with Gasteiger partial charge in [0.05, 0.1) is 0 Å². The number of pyridine rings is 1. The van der Waals surface area contributed by atoms with Gasteiger partial charge in [0.25, 0.3) is 0 Å². The summed E-state index contributed by atoms with van der Waals surface area (Å²) in [6.07, 6.45) is 1.40. The fraction of sp³-hybridized carbons (Fsp3) is 0.154. The Morgan fingerprint density at radius 2 is 2.00 bits per heavy atom. The van der Waals surface area contributed by atoms with Gasteiger partial charge in [0.1, 0.15) is 11.9 Å². The Morgan fingerprint density at radius 1 is 1.32 bits per heavy atom. The molecule has 0 saturated carbocycles. The van der Waals surface area contributed by atoms with Crippen LogP contribution in [0.2, 0.25) is 5.02 Å². The minimum absolute atomic E-state index is 0.0832. The van der Waals surface area contributed by atoms with Crippen molar-refractivity contribution in [3.05, 3.63) is 63.3 Å². The average molecular weight is 278 g/mol. The smallest absolute Gasteiger partial charge is 0.372 e. The van der Waals surface area contributed by atoms with Crippen LogP contribution >= 0.6 is 11.6 Å². The molecule has 2 aromatic rings. The molecule has 1 N–H and O–H groups in total. The molecule has 98 valence electrons. The standard InChI is InChI=1S/C13H12ClN3O2/c1-9(10-4-6-11(14)7-5-10)16-12-3-2-8-15-13(12)17(18)19/h2-9,16H,1H3. The minimum Gasteiger partial charge on any atom is -0.372 e. The van der Waals surface area contributed by atoms with Gasteiger partial charge >= 0.3 is 5.82 Å². The monoisotopic (exact) mass is 277 g/mol. The zero-order valence-corrected chi connectivity index (χ0v) is 11.0. The van der Waals surface area contributed by atoms with Gasteiger partial charge in [-0.25, -0.2) is 0 Å². The van der Waals surface area contributed by atoms with Gasteiger partial charge in [-0.2, -0.15) is 0 Å². The second-order valence-electron chi connectivity index (χ2n) is 4.05. The van der Waals surface area contributed by atoms with E-state index in [4.69, 9.17) is 11.6 Å². The number of nitro groups is 1. The summed E-state index contributed by atoms with van der Waals surface area (Å²) in [5, 5.41) is 14.6. The Balaban J connectivity index is 2.21. The summed E-state index contributed by atoms with van der Waals surface area (Å²) in [6.45, 7) is 1.92. The second kappa shape index (κ2) is 5.67. The van der Waals surface area contributed by atoms with E-state index in [0.717, 1.165) is 5.56 Å². The Hall–Kier alpha value is -2.14. The number of nitrogens with one attached hydrogen (secondary N) is 1. The first-order valence-electron chi connectivity index (χ1n) is 5.69. The lowest BCUT2D eigenvalue weighted by Crippen LogP contribution is -2.08. The molecule has 0 fully saturated rings. The number of benzene rings is 1. The van der Waals surface area contributed by atoms with Crippen LogP contribution in [0.3, 0.4) is 0 Å². The molecule has 0 aliphatic rings. The van der Waals surface area contributed by atoms with Gasteiger partial charge in [0.2, 0.25) is 0 Å². The quantitative estimate of drug-likeness (QED) is 0.681. The van der Waals surface area contributed by atoms with Crippen molar-refractivity contribution < 1.29 is 4.92 Å². The van der Waals surface area contributed by atoms with Crippen molar-refractivity contribution in [2.75, 3.05) is 5.32 Å². The zero-order chi connectivity index (χ0) is 13.8. The number of hydrogen-bond acceptors (Lipinski definition) is 4. The molecule has 0 aliphatic carbocycles. The highest BCUT2D eigenvalue weighted by Gasteiger charge is 2.16. The van der Waals surface area contributed by atoms with E-state index in [1.807, 2.05) is 19.1 Å². The summed E-state index contributed by atoms with van der Waals surface area (Å²) >= 11 is 5.82. The third-order valence-corrected chi connectivity index (χ3v) is 2.95. The molecule has 1 aromatic heterocycles. The van der Waals surface area contributed by atoms with Crippen molar-refractivity contribution in [1.82, 2.24) is 4.98 Å². The molecule has 1 unspecified atom stereocenters. The molecule has 1 atom stereocenters. The zero-order valence-electron chi connectivity index (χ0n) is 10.2. The van der Waals surface area contributed by atoms with Crippen LogP contribution in [0.1, 0.15) is 18.5 Å². The van der Waals surface area contributed by atoms with Crippen molar-refractivity contribution in [1.29, 1.82) is 0 Å². The van der Waals surface area contributed by atoms with Crippen LogP contribution in [0.5, 0.6) is 0 Å². The van der Waals surface area contributed by atoms with Gasteiger partial charge in [-0.15, -0.1) is 0 Å². The van der Waals surface area contributed by atoms with Crippen LogP contribution < -0.4 is 5.32 Å². The number of aromatic nitrogens is 1. The SMILES string of the molecule is CC(Nc1cccnc1[N+](=O)[O-])c1ccc(Cl)cc1. The molecule has 6 heteroatoms. The first-order valence-corrected chi connectivity index (χ1v) is 6.07. The highest BCUT2D eigenvalue weighted by molar-refractivity contribution is 6.30. The molecule has 19 heavy (non-hydrogen) atoms. The van der Waals surface area contributed by atoms with Gasteiger partial charge in [-0.1, -0.05) is 23.7 Å². The average Bonchev–Trinajstić information content (AvgIpc) is 2.39. The van der Waals surface area contributed by atoms with E-state index >= 15 is 0 Å². The van der Waals surface area contributed by atoms with Crippen LogP contribution in [0, 0.1) is 10.1 Å². The molecule has 1 aromatic carbocycles. The number of rotatable bonds is 4. The predicted molar refractivity (Wildman–Crippen MR) is 74.4 cm³/mol. The molecule has 2 rings (SSSR count). The van der Waals surface area contributed by atoms with E-state index in [9.17, 15) is 10.1 Å². The Kier molecular flexibility index (Phi) is 3.97. The molecule has 0 bridgehead atoms. The second-order valence-corrected chi connectivity index (χ2v) is 4.49. The topological polar surface area (TPSA) is 68.1 Å². The first-order chi connectivity index (χ1) is 9.08. The molecule has 0 radical (unpaired) electrons. The minimum atomic E-state index is -0.503. The number of hydrogen-bond donors (Lipinski definition) is 1. The number of nitrogens with zero attached hydrogens (tertiary/aromatic N) is 2. The normalized spacial score (nSPS) is 11.9. The molecule has 0 spiro atoms. The van der Waals surface area contributed by atoms with Crippen molar-refractivity contribution in [2.45, 2.75) is 13.0 Å². The van der Waals surface area contributed by atoms with Crippen LogP contribution in [0.25, 0.3) is 0 Å². The molecule has 0 saturated heterocycles. The van der Waals surface area contributed by atoms with Gasteiger partial charge in [0.15, 0.2) is 0 Å². The molecular formula is C13H12ClN3O2. The highest BCUT2D eigenvalue weighted by atomic mass is 35.5. The summed E-state index contributed by atoms with van der Waals surface area (Å²) in [5.41, 5.74) is 1.39. The lowest BCUT2D eigenvalue weighted by atomic mass is 10.1. The van der Waals surface area contributed by atoms with Gasteiger partial charge < -0.3 is 15.4 Å². The highest BCUT2D eigenvalue weighted by Crippen LogP contribution is 2.26. The van der Waals surface area contributed by atoms with Crippen molar-refractivity contribution in [2.24, 2.45) is 0 Å². The Bertz CT molecular complexity index is 587. The lowest BCUT2D eigenvalue weighted by molar-refractivity contribution is -0.388. The van der Waals surface area contributed by atoms with Crippen LogP contribution in [0.15, 0.2) is 42.6 Å². The summed E-state index contributed by atoms with van der Waals surface area (Å²) in [6, 6.07) is 10.5. The van der Waals surface area contributed by atoms with Crippen LogP contribution in [-0.2, 0) is 0 Å². The van der Waals surface area contributed by atoms with E-state index in [-0.39, 0.29) is 11.9 Å². The third kappa shape index (κ3) is 3.20. The summed E-state index contributed by atoms with van der Waals surface area (Å²) in [5.74, 6) is -0.177. The fourth-order valence-corrected chi connectivity index (χ4v) is 1.85. The van der Waals surface area contributed by atoms with E-state index in [1.54, 1.807) is 24.3 Å². The molecule has 0 amide bonds. The van der Waals surface area contributed by atoms with Gasteiger partial charge in [-0.05, 0) is 46.7 Å². The molecule has 0 aliphatic heterocycles.